The smallest absolute Gasteiger partial charge is 0.0655 e. The van der Waals surface area contributed by atoms with Crippen molar-refractivity contribution in [3.05, 3.63) is 0 Å². The number of nitrogens with two attached hydrogens (primary N) is 1. The van der Waals surface area contributed by atoms with Gasteiger partial charge in [0.2, 0.25) is 0 Å². The SMILES string of the molecule is N#CC1CCC(CN)C1. The molecule has 0 aromatic rings. The molecule has 0 heterocycles. The molecule has 2 atom stereocenters. The van der Waals surface area contributed by atoms with E-state index < -0.39 is 0 Å². The van der Waals surface area contributed by atoms with Crippen molar-refractivity contribution in [2.75, 3.05) is 6.54 Å². The lowest BCUT2D eigenvalue weighted by atomic mass is 10.1. The zero-order valence-electron chi connectivity index (χ0n) is 5.51. The molecule has 2 nitrogen and oxygen atoms in total. The molecular formula is C7H12N2. The van der Waals surface area contributed by atoms with E-state index in [2.05, 4.69) is 6.07 Å². The first-order valence-electron chi connectivity index (χ1n) is 3.46. The first kappa shape index (κ1) is 6.57. The van der Waals surface area contributed by atoms with Crippen LogP contribution in [-0.2, 0) is 0 Å². The molecule has 2 N–H and O–H groups in total. The number of nitriles is 1. The fourth-order valence-electron chi connectivity index (χ4n) is 1.41. The average molecular weight is 124 g/mol. The van der Waals surface area contributed by atoms with Gasteiger partial charge in [-0.3, -0.25) is 0 Å². The fourth-order valence-corrected chi connectivity index (χ4v) is 1.41. The lowest BCUT2D eigenvalue weighted by Crippen LogP contribution is -2.10. The molecule has 1 aliphatic rings. The van der Waals surface area contributed by atoms with Gasteiger partial charge in [-0.25, -0.2) is 0 Å². The van der Waals surface area contributed by atoms with Gasteiger partial charge >= 0.3 is 0 Å². The highest BCUT2D eigenvalue weighted by Crippen LogP contribution is 2.28. The molecule has 0 bridgehead atoms. The molecule has 0 amide bonds. The molecule has 0 aromatic carbocycles. The standard InChI is InChI=1S/C7H12N2/c8-4-6-1-2-7(3-6)5-9/h6-7H,1-4,8H2. The second kappa shape index (κ2) is 2.84. The monoisotopic (exact) mass is 124 g/mol. The minimum Gasteiger partial charge on any atom is -0.330 e. The number of hydrogen-bond acceptors (Lipinski definition) is 2. The Morgan fingerprint density at radius 3 is 2.67 bits per heavy atom. The van der Waals surface area contributed by atoms with Crippen molar-refractivity contribution in [1.82, 2.24) is 0 Å². The molecule has 50 valence electrons. The Kier molecular flexibility index (Phi) is 2.07. The maximum atomic E-state index is 8.49. The zero-order chi connectivity index (χ0) is 6.69. The van der Waals surface area contributed by atoms with E-state index in [0.29, 0.717) is 11.8 Å². The van der Waals surface area contributed by atoms with Gasteiger partial charge in [0, 0.05) is 5.92 Å². The van der Waals surface area contributed by atoms with Crippen LogP contribution in [-0.4, -0.2) is 6.54 Å². The van der Waals surface area contributed by atoms with E-state index in [0.717, 1.165) is 25.8 Å². The summed E-state index contributed by atoms with van der Waals surface area (Å²) in [5.74, 6) is 0.938. The summed E-state index contributed by atoms with van der Waals surface area (Å²) in [6, 6.07) is 2.27. The number of hydrogen-bond donors (Lipinski definition) is 1. The van der Waals surface area contributed by atoms with E-state index in [1.807, 2.05) is 0 Å². The molecule has 1 aliphatic carbocycles. The van der Waals surface area contributed by atoms with E-state index in [4.69, 9.17) is 11.0 Å². The number of rotatable bonds is 1. The average Bonchev–Trinajstić information content (AvgIpc) is 2.34. The van der Waals surface area contributed by atoms with Crippen LogP contribution >= 0.6 is 0 Å². The summed E-state index contributed by atoms with van der Waals surface area (Å²) in [4.78, 5) is 0. The Labute approximate surface area is 55.7 Å². The van der Waals surface area contributed by atoms with Crippen LogP contribution in [0.4, 0.5) is 0 Å². The largest absolute Gasteiger partial charge is 0.330 e. The molecule has 0 aromatic heterocycles. The van der Waals surface area contributed by atoms with E-state index in [1.54, 1.807) is 0 Å². The molecule has 9 heavy (non-hydrogen) atoms. The van der Waals surface area contributed by atoms with Gasteiger partial charge in [0.25, 0.3) is 0 Å². The van der Waals surface area contributed by atoms with E-state index in [-0.39, 0.29) is 0 Å². The molecule has 2 unspecified atom stereocenters. The highest BCUT2D eigenvalue weighted by Gasteiger charge is 2.22. The zero-order valence-corrected chi connectivity index (χ0v) is 5.51. The van der Waals surface area contributed by atoms with Crippen molar-refractivity contribution in [2.45, 2.75) is 19.3 Å². The quantitative estimate of drug-likeness (QED) is 0.564. The van der Waals surface area contributed by atoms with Crippen LogP contribution in [0.3, 0.4) is 0 Å². The van der Waals surface area contributed by atoms with Crippen LogP contribution in [0, 0.1) is 23.2 Å². The van der Waals surface area contributed by atoms with Gasteiger partial charge in [-0.1, -0.05) is 0 Å². The Balaban J connectivity index is 2.31. The molecule has 1 rings (SSSR count). The summed E-state index contributed by atoms with van der Waals surface area (Å²) < 4.78 is 0. The van der Waals surface area contributed by atoms with E-state index in [1.165, 1.54) is 0 Å². The molecule has 1 saturated carbocycles. The van der Waals surface area contributed by atoms with Gasteiger partial charge in [-0.05, 0) is 31.7 Å². The van der Waals surface area contributed by atoms with Gasteiger partial charge in [-0.2, -0.15) is 5.26 Å². The van der Waals surface area contributed by atoms with Crippen LogP contribution < -0.4 is 5.73 Å². The first-order valence-corrected chi connectivity index (χ1v) is 3.46. The van der Waals surface area contributed by atoms with Gasteiger partial charge in [0.05, 0.1) is 6.07 Å². The van der Waals surface area contributed by atoms with E-state index >= 15 is 0 Å². The van der Waals surface area contributed by atoms with Crippen molar-refractivity contribution >= 4 is 0 Å². The fraction of sp³-hybridized carbons (Fsp3) is 0.857. The second-order valence-corrected chi connectivity index (χ2v) is 2.74. The lowest BCUT2D eigenvalue weighted by molar-refractivity contribution is 0.547. The molecule has 1 fully saturated rings. The highest BCUT2D eigenvalue weighted by molar-refractivity contribution is 4.89. The van der Waals surface area contributed by atoms with Crippen molar-refractivity contribution in [3.63, 3.8) is 0 Å². The predicted molar refractivity (Wildman–Crippen MR) is 35.5 cm³/mol. The van der Waals surface area contributed by atoms with Gasteiger partial charge in [-0.15, -0.1) is 0 Å². The van der Waals surface area contributed by atoms with Gasteiger partial charge < -0.3 is 5.73 Å². The summed E-state index contributed by atoms with van der Waals surface area (Å²) in [6.45, 7) is 0.762. The van der Waals surface area contributed by atoms with Crippen molar-refractivity contribution in [1.29, 1.82) is 5.26 Å². The molecule has 0 saturated heterocycles. The van der Waals surface area contributed by atoms with E-state index in [9.17, 15) is 0 Å². The van der Waals surface area contributed by atoms with Crippen LogP contribution in [0.5, 0.6) is 0 Å². The summed E-state index contributed by atoms with van der Waals surface area (Å²) in [7, 11) is 0. The highest BCUT2D eigenvalue weighted by atomic mass is 14.6. The third-order valence-corrected chi connectivity index (χ3v) is 2.06. The molecule has 2 heteroatoms. The van der Waals surface area contributed by atoms with Gasteiger partial charge in [0.15, 0.2) is 0 Å². The second-order valence-electron chi connectivity index (χ2n) is 2.74. The van der Waals surface area contributed by atoms with Crippen molar-refractivity contribution in [3.8, 4) is 6.07 Å². The Hall–Kier alpha value is -0.550. The van der Waals surface area contributed by atoms with Crippen molar-refractivity contribution < 1.29 is 0 Å². The maximum absolute atomic E-state index is 8.49. The summed E-state index contributed by atoms with van der Waals surface area (Å²) in [6.07, 6.45) is 3.26. The predicted octanol–water partition coefficient (Wildman–Crippen LogP) is 0.885. The molecule has 0 spiro atoms. The number of nitrogens with zero attached hydrogens (tertiary/aromatic N) is 1. The summed E-state index contributed by atoms with van der Waals surface area (Å²) in [5, 5.41) is 8.49. The summed E-state index contributed by atoms with van der Waals surface area (Å²) in [5.41, 5.74) is 5.44. The lowest BCUT2D eigenvalue weighted by Gasteiger charge is -2.01. The Morgan fingerprint density at radius 2 is 2.33 bits per heavy atom. The maximum Gasteiger partial charge on any atom is 0.0655 e. The third-order valence-electron chi connectivity index (χ3n) is 2.06. The molecule has 0 radical (unpaired) electrons. The van der Waals surface area contributed by atoms with Crippen LogP contribution in [0.25, 0.3) is 0 Å². The summed E-state index contributed by atoms with van der Waals surface area (Å²) >= 11 is 0. The molecular weight excluding hydrogens is 112 g/mol. The normalized spacial score (nSPS) is 34.2. The van der Waals surface area contributed by atoms with Crippen molar-refractivity contribution in [2.24, 2.45) is 17.6 Å². The minimum atomic E-state index is 0.304. The third kappa shape index (κ3) is 1.43. The van der Waals surface area contributed by atoms with Gasteiger partial charge in [0.1, 0.15) is 0 Å². The Bertz CT molecular complexity index is 125. The Morgan fingerprint density at radius 1 is 1.56 bits per heavy atom. The van der Waals surface area contributed by atoms with Crippen LogP contribution in [0.15, 0.2) is 0 Å². The molecule has 0 aliphatic heterocycles. The minimum absolute atomic E-state index is 0.304. The van der Waals surface area contributed by atoms with Crippen LogP contribution in [0.1, 0.15) is 19.3 Å². The van der Waals surface area contributed by atoms with Crippen LogP contribution in [0.2, 0.25) is 0 Å². The first-order chi connectivity index (χ1) is 4.36. The topological polar surface area (TPSA) is 49.8 Å².